The van der Waals surface area contributed by atoms with Crippen LogP contribution in [0.4, 0.5) is 5.69 Å². The van der Waals surface area contributed by atoms with Crippen molar-refractivity contribution in [2.24, 2.45) is 34.5 Å². The number of ether oxygens (including phenoxy) is 1. The number of anilines is 1. The first-order valence-electron chi connectivity index (χ1n) is 12.6. The van der Waals surface area contributed by atoms with Gasteiger partial charge in [0.05, 0.1) is 23.1 Å². The zero-order chi connectivity index (χ0) is 26.4. The number of hydrogen-bond donors (Lipinski definition) is 5. The Kier molecular flexibility index (Phi) is 5.93. The Labute approximate surface area is 216 Å². The highest BCUT2D eigenvalue weighted by atomic mass is 35.5. The molecule has 0 aromatic heterocycles. The second kappa shape index (κ2) is 8.30. The molecule has 9 atom stereocenters. The molecular formula is C28H36ClNO6. The van der Waals surface area contributed by atoms with Gasteiger partial charge in [0.2, 0.25) is 0 Å². The van der Waals surface area contributed by atoms with Gasteiger partial charge in [-0.2, -0.15) is 0 Å². The Morgan fingerprint density at radius 3 is 2.61 bits per heavy atom. The molecule has 2 saturated carbocycles. The zero-order valence-electron chi connectivity index (χ0n) is 21.3. The van der Waals surface area contributed by atoms with Crippen LogP contribution in [-0.2, 0) is 4.74 Å². The van der Waals surface area contributed by atoms with E-state index >= 15 is 0 Å². The van der Waals surface area contributed by atoms with Gasteiger partial charge < -0.3 is 30.5 Å². The molecule has 4 aliphatic rings. The van der Waals surface area contributed by atoms with Gasteiger partial charge in [0.1, 0.15) is 17.3 Å². The lowest BCUT2D eigenvalue weighted by molar-refractivity contribution is -0.215. The third-order valence-electron chi connectivity index (χ3n) is 9.87. The maximum atomic E-state index is 13.5. The van der Waals surface area contributed by atoms with Gasteiger partial charge in [0.25, 0.3) is 0 Å². The van der Waals surface area contributed by atoms with Crippen LogP contribution in [0, 0.1) is 34.5 Å². The number of fused-ring (bicyclic) bond motifs is 3. The Hall–Kier alpha value is -1.90. The van der Waals surface area contributed by atoms with Crippen molar-refractivity contribution in [3.05, 3.63) is 52.1 Å². The molecule has 7 nitrogen and oxygen atoms in total. The van der Waals surface area contributed by atoms with Crippen molar-refractivity contribution in [1.29, 1.82) is 0 Å². The number of esters is 1. The van der Waals surface area contributed by atoms with E-state index in [1.165, 1.54) is 0 Å². The van der Waals surface area contributed by atoms with Crippen molar-refractivity contribution in [2.75, 3.05) is 19.0 Å². The van der Waals surface area contributed by atoms with Crippen LogP contribution < -0.4 is 5.32 Å². The molecule has 196 valence electrons. The predicted octanol–water partition coefficient (Wildman–Crippen LogP) is 3.17. The van der Waals surface area contributed by atoms with E-state index in [1.807, 2.05) is 13.0 Å². The van der Waals surface area contributed by atoms with E-state index in [4.69, 9.17) is 16.3 Å². The summed E-state index contributed by atoms with van der Waals surface area (Å²) in [4.78, 5) is 13.5. The fourth-order valence-electron chi connectivity index (χ4n) is 8.01. The van der Waals surface area contributed by atoms with Crippen molar-refractivity contribution in [1.82, 2.24) is 0 Å². The molecule has 0 radical (unpaired) electrons. The molecule has 1 spiro atoms. The summed E-state index contributed by atoms with van der Waals surface area (Å²) in [6.07, 6.45) is 0.473. The fraction of sp³-hybridized carbons (Fsp3) is 0.607. The summed E-state index contributed by atoms with van der Waals surface area (Å²) in [6, 6.07) is 4.98. The molecule has 5 rings (SSSR count). The Morgan fingerprint density at radius 1 is 1.28 bits per heavy atom. The monoisotopic (exact) mass is 517 g/mol. The summed E-state index contributed by atoms with van der Waals surface area (Å²) in [5.41, 5.74) is -2.00. The van der Waals surface area contributed by atoms with Gasteiger partial charge in [0.15, 0.2) is 6.10 Å². The molecular weight excluding hydrogens is 482 g/mol. The van der Waals surface area contributed by atoms with E-state index in [0.717, 1.165) is 6.42 Å². The summed E-state index contributed by atoms with van der Waals surface area (Å²) >= 11 is 6.35. The molecule has 2 fully saturated rings. The molecule has 4 aliphatic carbocycles. The lowest BCUT2D eigenvalue weighted by Gasteiger charge is -2.52. The fourth-order valence-corrected chi connectivity index (χ4v) is 8.26. The van der Waals surface area contributed by atoms with Crippen molar-refractivity contribution in [3.63, 3.8) is 0 Å². The first-order chi connectivity index (χ1) is 16.9. The molecule has 0 heterocycles. The molecule has 1 aromatic carbocycles. The minimum absolute atomic E-state index is 0.00281. The average molecular weight is 518 g/mol. The number of aliphatic hydroxyl groups is 4. The van der Waals surface area contributed by atoms with E-state index < -0.39 is 41.9 Å². The number of halogens is 1. The summed E-state index contributed by atoms with van der Waals surface area (Å²) in [7, 11) is 1.66. The SMILES string of the molecule is CNc1cccc(Cl)c1C(=O)OC1C(C)=CC23C(C)CC4C(C(C=C(CO)C(O)C12O)C3O)C4(C)C. The van der Waals surface area contributed by atoms with E-state index in [1.54, 1.807) is 38.2 Å². The molecule has 8 heteroatoms. The van der Waals surface area contributed by atoms with Gasteiger partial charge >= 0.3 is 5.97 Å². The lowest BCUT2D eigenvalue weighted by atomic mass is 9.58. The molecule has 1 aromatic rings. The quantitative estimate of drug-likeness (QED) is 0.307. The maximum Gasteiger partial charge on any atom is 0.342 e. The summed E-state index contributed by atoms with van der Waals surface area (Å²) in [6.45, 7) is 7.61. The largest absolute Gasteiger partial charge is 0.451 e. The van der Waals surface area contributed by atoms with E-state index in [0.29, 0.717) is 17.2 Å². The van der Waals surface area contributed by atoms with E-state index in [9.17, 15) is 25.2 Å². The number of carbonyl (C=O) groups excluding carboxylic acids is 1. The van der Waals surface area contributed by atoms with Crippen LogP contribution >= 0.6 is 11.6 Å². The highest BCUT2D eigenvalue weighted by Gasteiger charge is 2.76. The lowest BCUT2D eigenvalue weighted by Crippen LogP contribution is -2.66. The Morgan fingerprint density at radius 2 is 1.97 bits per heavy atom. The van der Waals surface area contributed by atoms with Gasteiger partial charge in [0, 0.05) is 18.7 Å². The van der Waals surface area contributed by atoms with Gasteiger partial charge in [-0.1, -0.05) is 50.6 Å². The van der Waals surface area contributed by atoms with Crippen molar-refractivity contribution in [3.8, 4) is 0 Å². The molecule has 5 N–H and O–H groups in total. The molecule has 0 saturated heterocycles. The topological polar surface area (TPSA) is 119 Å². The second-order valence-corrected chi connectivity index (χ2v) is 12.2. The van der Waals surface area contributed by atoms with Crippen LogP contribution in [0.5, 0.6) is 0 Å². The average Bonchev–Trinajstić information content (AvgIpc) is 3.32. The van der Waals surface area contributed by atoms with Crippen LogP contribution in [0.15, 0.2) is 41.5 Å². The number of carbonyl (C=O) groups is 1. The van der Waals surface area contributed by atoms with Gasteiger partial charge in [-0.05, 0) is 59.8 Å². The van der Waals surface area contributed by atoms with Gasteiger partial charge in [-0.25, -0.2) is 4.79 Å². The highest BCUT2D eigenvalue weighted by Crippen LogP contribution is 2.72. The molecule has 9 unspecified atom stereocenters. The Balaban J connectivity index is 1.63. The maximum absolute atomic E-state index is 13.5. The first-order valence-corrected chi connectivity index (χ1v) is 13.0. The van der Waals surface area contributed by atoms with Crippen LogP contribution in [0.3, 0.4) is 0 Å². The summed E-state index contributed by atoms with van der Waals surface area (Å²) in [5, 5.41) is 49.6. The number of nitrogens with one attached hydrogen (secondary N) is 1. The molecule has 0 aliphatic heterocycles. The summed E-state index contributed by atoms with van der Waals surface area (Å²) < 4.78 is 5.97. The molecule has 2 bridgehead atoms. The van der Waals surface area contributed by atoms with Crippen molar-refractivity contribution >= 4 is 23.3 Å². The van der Waals surface area contributed by atoms with E-state index in [-0.39, 0.29) is 39.3 Å². The number of hydrogen-bond acceptors (Lipinski definition) is 7. The number of aliphatic hydroxyl groups excluding tert-OH is 3. The Bertz CT molecular complexity index is 1160. The second-order valence-electron chi connectivity index (χ2n) is 11.8. The minimum Gasteiger partial charge on any atom is -0.451 e. The predicted molar refractivity (Wildman–Crippen MR) is 137 cm³/mol. The standard InChI is InChI=1S/C28H36ClNO6/c1-13-11-27-14(2)9-17-21(26(17,3)4)16(23(27)33)10-15(12-31)22(32)28(27,35)24(13)36-25(34)20-18(29)7-6-8-19(20)30-5/h6-8,10-11,14,16-17,21-24,30-33,35H,9,12H2,1-5H3. The van der Waals surface area contributed by atoms with Crippen LogP contribution in [0.1, 0.15) is 44.5 Å². The number of benzene rings is 1. The van der Waals surface area contributed by atoms with Crippen molar-refractivity contribution in [2.45, 2.75) is 58.0 Å². The normalized spacial score (nSPS) is 42.2. The van der Waals surface area contributed by atoms with Crippen LogP contribution in [0.25, 0.3) is 0 Å². The van der Waals surface area contributed by atoms with Crippen LogP contribution in [0.2, 0.25) is 5.02 Å². The molecule has 36 heavy (non-hydrogen) atoms. The van der Waals surface area contributed by atoms with E-state index in [2.05, 4.69) is 19.2 Å². The van der Waals surface area contributed by atoms with Crippen LogP contribution in [-0.4, -0.2) is 64.0 Å². The van der Waals surface area contributed by atoms with Gasteiger partial charge in [-0.15, -0.1) is 0 Å². The van der Waals surface area contributed by atoms with Gasteiger partial charge in [-0.3, -0.25) is 0 Å². The molecule has 0 amide bonds. The third kappa shape index (κ3) is 3.10. The summed E-state index contributed by atoms with van der Waals surface area (Å²) in [5.74, 6) is -0.861. The minimum atomic E-state index is -2.09. The first kappa shape index (κ1) is 25.7. The zero-order valence-corrected chi connectivity index (χ0v) is 22.1. The third-order valence-corrected chi connectivity index (χ3v) is 10.2. The highest BCUT2D eigenvalue weighted by molar-refractivity contribution is 6.34. The number of rotatable bonds is 4. The smallest absolute Gasteiger partial charge is 0.342 e. The van der Waals surface area contributed by atoms with Crippen molar-refractivity contribution < 1.29 is 30.0 Å².